The lowest BCUT2D eigenvalue weighted by Gasteiger charge is -2.41. The summed E-state index contributed by atoms with van der Waals surface area (Å²) < 4.78 is 49.3. The van der Waals surface area contributed by atoms with Crippen molar-refractivity contribution in [2.24, 2.45) is 0 Å². The van der Waals surface area contributed by atoms with Crippen molar-refractivity contribution in [2.75, 3.05) is 6.61 Å². The summed E-state index contributed by atoms with van der Waals surface area (Å²) in [7, 11) is 0. The first kappa shape index (κ1) is 18.2. The number of hydrogen-bond donors (Lipinski definition) is 2. The lowest BCUT2D eigenvalue weighted by atomic mass is 9.96. The van der Waals surface area contributed by atoms with Crippen LogP contribution in [0.4, 0.5) is 13.2 Å². The molecule has 5 atom stereocenters. The Kier molecular flexibility index (Phi) is 6.02. The largest absolute Gasteiger partial charge is 0.417 e. The van der Waals surface area contributed by atoms with Gasteiger partial charge in [-0.25, -0.2) is 0 Å². The van der Waals surface area contributed by atoms with E-state index >= 15 is 0 Å². The number of benzene rings is 1. The van der Waals surface area contributed by atoms with Crippen LogP contribution in [0.2, 0.25) is 0 Å². The van der Waals surface area contributed by atoms with Gasteiger partial charge in [-0.15, -0.1) is 0 Å². The Balaban J connectivity index is 2.11. The molecule has 0 aliphatic carbocycles. The van der Waals surface area contributed by atoms with Crippen LogP contribution in [0.3, 0.4) is 0 Å². The standard InChI is InChI=1S/C16H22F3NO3/c1-3-22-13-9-12(14(21)15(23-13)16(17,18)19)20-10(2)11-7-5-4-6-8-11/h4-8,10,12-15,20-21H,3,9H2,1-2H3/t10-,12+,13+,14+,15-/m1/s1. The third-order valence-corrected chi connectivity index (χ3v) is 3.91. The lowest BCUT2D eigenvalue weighted by Crippen LogP contribution is -2.59. The molecule has 1 aliphatic rings. The van der Waals surface area contributed by atoms with Crippen LogP contribution in [0.1, 0.15) is 31.9 Å². The number of hydrogen-bond acceptors (Lipinski definition) is 4. The number of halogens is 3. The molecule has 0 saturated carbocycles. The van der Waals surface area contributed by atoms with E-state index in [-0.39, 0.29) is 19.1 Å². The molecule has 0 radical (unpaired) electrons. The molecule has 0 aromatic heterocycles. The van der Waals surface area contributed by atoms with Crippen LogP contribution in [-0.2, 0) is 9.47 Å². The van der Waals surface area contributed by atoms with Crippen molar-refractivity contribution in [3.63, 3.8) is 0 Å². The molecule has 130 valence electrons. The van der Waals surface area contributed by atoms with Gasteiger partial charge in [-0.2, -0.15) is 13.2 Å². The number of nitrogens with one attached hydrogen (secondary N) is 1. The first-order valence-corrected chi connectivity index (χ1v) is 7.65. The van der Waals surface area contributed by atoms with Gasteiger partial charge in [-0.05, 0) is 19.4 Å². The fraction of sp³-hybridized carbons (Fsp3) is 0.625. The molecular weight excluding hydrogens is 311 g/mol. The van der Waals surface area contributed by atoms with E-state index in [4.69, 9.17) is 9.47 Å². The average molecular weight is 333 g/mol. The molecule has 0 spiro atoms. The van der Waals surface area contributed by atoms with E-state index in [1.54, 1.807) is 6.92 Å². The van der Waals surface area contributed by atoms with E-state index in [9.17, 15) is 18.3 Å². The molecular formula is C16H22F3NO3. The van der Waals surface area contributed by atoms with Crippen molar-refractivity contribution in [3.8, 4) is 0 Å². The second-order valence-electron chi connectivity index (χ2n) is 5.62. The molecule has 1 aromatic rings. The maximum atomic E-state index is 13.1. The Morgan fingerprint density at radius 1 is 1.35 bits per heavy atom. The van der Waals surface area contributed by atoms with Gasteiger partial charge < -0.3 is 19.9 Å². The normalized spacial score (nSPS) is 30.2. The van der Waals surface area contributed by atoms with Crippen molar-refractivity contribution >= 4 is 0 Å². The zero-order chi connectivity index (χ0) is 17.0. The molecule has 1 saturated heterocycles. The van der Waals surface area contributed by atoms with E-state index in [0.29, 0.717) is 0 Å². The molecule has 1 fully saturated rings. The number of alkyl halides is 3. The highest BCUT2D eigenvalue weighted by Crippen LogP contribution is 2.33. The first-order valence-electron chi connectivity index (χ1n) is 7.65. The second-order valence-corrected chi connectivity index (χ2v) is 5.62. The van der Waals surface area contributed by atoms with Gasteiger partial charge in [0.2, 0.25) is 0 Å². The fourth-order valence-electron chi connectivity index (χ4n) is 2.75. The van der Waals surface area contributed by atoms with E-state index in [1.165, 1.54) is 0 Å². The van der Waals surface area contributed by atoms with Crippen molar-refractivity contribution in [3.05, 3.63) is 35.9 Å². The molecule has 1 heterocycles. The van der Waals surface area contributed by atoms with Gasteiger partial charge in [-0.3, -0.25) is 0 Å². The summed E-state index contributed by atoms with van der Waals surface area (Å²) in [5, 5.41) is 13.1. The molecule has 1 aliphatic heterocycles. The van der Waals surface area contributed by atoms with Gasteiger partial charge >= 0.3 is 6.18 Å². The zero-order valence-electron chi connectivity index (χ0n) is 13.1. The van der Waals surface area contributed by atoms with Gasteiger partial charge in [0.15, 0.2) is 12.4 Å². The van der Waals surface area contributed by atoms with E-state index in [0.717, 1.165) is 5.56 Å². The fourth-order valence-corrected chi connectivity index (χ4v) is 2.75. The van der Waals surface area contributed by atoms with Crippen LogP contribution in [0.5, 0.6) is 0 Å². The number of ether oxygens (including phenoxy) is 2. The molecule has 1 aromatic carbocycles. The topological polar surface area (TPSA) is 50.7 Å². The Hall–Kier alpha value is -1.15. The second kappa shape index (κ2) is 7.61. The lowest BCUT2D eigenvalue weighted by molar-refractivity contribution is -0.316. The predicted octanol–water partition coefficient (Wildman–Crippen LogP) is 2.78. The third-order valence-electron chi connectivity index (χ3n) is 3.91. The SMILES string of the molecule is CCO[C@@H]1C[C@H](N[C@H](C)c2ccccc2)[C@H](O)[C@H](C(F)(F)F)O1. The highest BCUT2D eigenvalue weighted by Gasteiger charge is 2.52. The third kappa shape index (κ3) is 4.67. The quantitative estimate of drug-likeness (QED) is 0.870. The minimum Gasteiger partial charge on any atom is -0.388 e. The van der Waals surface area contributed by atoms with E-state index < -0.39 is 30.7 Å². The number of rotatable bonds is 5. The van der Waals surface area contributed by atoms with Gasteiger partial charge in [0.05, 0.1) is 0 Å². The van der Waals surface area contributed by atoms with Crippen molar-refractivity contribution in [2.45, 2.75) is 57.0 Å². The van der Waals surface area contributed by atoms with E-state index in [2.05, 4.69) is 5.32 Å². The summed E-state index contributed by atoms with van der Waals surface area (Å²) in [6.07, 6.45) is -9.43. The highest BCUT2D eigenvalue weighted by molar-refractivity contribution is 5.18. The van der Waals surface area contributed by atoms with Crippen molar-refractivity contribution in [1.82, 2.24) is 5.32 Å². The average Bonchev–Trinajstić information content (AvgIpc) is 2.50. The summed E-state index contributed by atoms with van der Waals surface area (Å²) in [5.41, 5.74) is 0.933. The Labute approximate surface area is 133 Å². The van der Waals surface area contributed by atoms with Gasteiger partial charge in [0.25, 0.3) is 0 Å². The van der Waals surface area contributed by atoms with Crippen LogP contribution in [-0.4, -0.2) is 42.4 Å². The minimum absolute atomic E-state index is 0.152. The molecule has 23 heavy (non-hydrogen) atoms. The molecule has 2 rings (SSSR count). The van der Waals surface area contributed by atoms with Crippen LogP contribution < -0.4 is 5.32 Å². The maximum absolute atomic E-state index is 13.1. The van der Waals surface area contributed by atoms with Gasteiger partial charge in [-0.1, -0.05) is 30.3 Å². The van der Waals surface area contributed by atoms with Crippen LogP contribution in [0.15, 0.2) is 30.3 Å². The Morgan fingerprint density at radius 3 is 2.57 bits per heavy atom. The van der Waals surface area contributed by atoms with E-state index in [1.807, 2.05) is 37.3 Å². The Morgan fingerprint density at radius 2 is 2.00 bits per heavy atom. The molecule has 7 heteroatoms. The number of aliphatic hydroxyl groups is 1. The first-order chi connectivity index (χ1) is 10.8. The monoisotopic (exact) mass is 333 g/mol. The van der Waals surface area contributed by atoms with Crippen LogP contribution in [0.25, 0.3) is 0 Å². The Bertz CT molecular complexity index is 483. The summed E-state index contributed by atoms with van der Waals surface area (Å²) in [4.78, 5) is 0. The van der Waals surface area contributed by atoms with Gasteiger partial charge in [0.1, 0.15) is 6.10 Å². The molecule has 0 amide bonds. The minimum atomic E-state index is -4.65. The molecule has 4 nitrogen and oxygen atoms in total. The predicted molar refractivity (Wildman–Crippen MR) is 78.7 cm³/mol. The van der Waals surface area contributed by atoms with Crippen LogP contribution >= 0.6 is 0 Å². The van der Waals surface area contributed by atoms with Crippen LogP contribution in [0, 0.1) is 0 Å². The van der Waals surface area contributed by atoms with Crippen molar-refractivity contribution in [1.29, 1.82) is 0 Å². The maximum Gasteiger partial charge on any atom is 0.417 e. The summed E-state index contributed by atoms with van der Waals surface area (Å²) >= 11 is 0. The molecule has 0 unspecified atom stereocenters. The smallest absolute Gasteiger partial charge is 0.388 e. The number of aliphatic hydroxyl groups excluding tert-OH is 1. The summed E-state index contributed by atoms with van der Waals surface area (Å²) in [6, 6.07) is 8.36. The molecule has 2 N–H and O–H groups in total. The van der Waals surface area contributed by atoms with Gasteiger partial charge in [0, 0.05) is 25.1 Å². The van der Waals surface area contributed by atoms with Crippen molar-refractivity contribution < 1.29 is 27.8 Å². The summed E-state index contributed by atoms with van der Waals surface area (Å²) in [5.74, 6) is 0. The summed E-state index contributed by atoms with van der Waals surface area (Å²) in [6.45, 7) is 3.77. The highest BCUT2D eigenvalue weighted by atomic mass is 19.4. The molecule has 0 bridgehead atoms. The zero-order valence-corrected chi connectivity index (χ0v) is 13.1.